The van der Waals surface area contributed by atoms with Crippen molar-refractivity contribution in [1.82, 2.24) is 14.2 Å². The third-order valence-electron chi connectivity index (χ3n) is 6.23. The highest BCUT2D eigenvalue weighted by atomic mass is 32.2. The van der Waals surface area contributed by atoms with Gasteiger partial charge in [-0.3, -0.25) is 9.78 Å². The van der Waals surface area contributed by atoms with Gasteiger partial charge in [0.2, 0.25) is 15.9 Å². The standard InChI is InChI=1S/C28H31N3O3S2/c1-3-22(2)18-31(36(33,34)26-15-7-12-24-13-8-16-29-28(24)26)21-27(32)30(20-25-14-9-17-35-25)19-23-10-5-4-6-11-23/h4-17,22H,3,18-21H2,1-2H3. The molecule has 1 unspecified atom stereocenters. The van der Waals surface area contributed by atoms with Crippen LogP contribution >= 0.6 is 11.3 Å². The van der Waals surface area contributed by atoms with E-state index in [0.717, 1.165) is 22.2 Å². The molecular weight excluding hydrogens is 490 g/mol. The molecule has 2 heterocycles. The molecule has 2 aromatic heterocycles. The smallest absolute Gasteiger partial charge is 0.245 e. The van der Waals surface area contributed by atoms with Gasteiger partial charge in [0.15, 0.2) is 0 Å². The molecule has 1 atom stereocenters. The predicted octanol–water partition coefficient (Wildman–Crippen LogP) is 5.56. The number of thiophene rings is 1. The third-order valence-corrected chi connectivity index (χ3v) is 8.94. The Hall–Kier alpha value is -3.07. The van der Waals surface area contributed by atoms with E-state index in [2.05, 4.69) is 4.98 Å². The highest BCUT2D eigenvalue weighted by Gasteiger charge is 2.31. The molecule has 36 heavy (non-hydrogen) atoms. The molecule has 188 valence electrons. The van der Waals surface area contributed by atoms with Crippen LogP contribution in [0.1, 0.15) is 30.7 Å². The molecule has 4 aromatic rings. The summed E-state index contributed by atoms with van der Waals surface area (Å²) >= 11 is 1.58. The van der Waals surface area contributed by atoms with Gasteiger partial charge in [-0.25, -0.2) is 8.42 Å². The van der Waals surface area contributed by atoms with E-state index in [4.69, 9.17) is 0 Å². The second-order valence-corrected chi connectivity index (χ2v) is 11.9. The van der Waals surface area contributed by atoms with Gasteiger partial charge >= 0.3 is 0 Å². The number of nitrogens with zero attached hydrogens (tertiary/aromatic N) is 3. The zero-order chi connectivity index (χ0) is 25.5. The Kier molecular flexibility index (Phi) is 8.51. The van der Waals surface area contributed by atoms with E-state index < -0.39 is 10.0 Å². The summed E-state index contributed by atoms with van der Waals surface area (Å²) in [4.78, 5) is 21.0. The van der Waals surface area contributed by atoms with Gasteiger partial charge in [0.25, 0.3) is 0 Å². The first-order valence-corrected chi connectivity index (χ1v) is 14.4. The van der Waals surface area contributed by atoms with Crippen LogP contribution in [0.2, 0.25) is 0 Å². The Bertz CT molecular complexity index is 1380. The Balaban J connectivity index is 1.66. The molecule has 6 nitrogen and oxygen atoms in total. The van der Waals surface area contributed by atoms with E-state index in [1.54, 1.807) is 40.6 Å². The van der Waals surface area contributed by atoms with E-state index >= 15 is 0 Å². The molecule has 1 amide bonds. The third kappa shape index (κ3) is 6.19. The lowest BCUT2D eigenvalue weighted by atomic mass is 10.1. The number of rotatable bonds is 11. The fraction of sp³-hybridized carbons (Fsp3) is 0.286. The molecule has 2 aromatic carbocycles. The summed E-state index contributed by atoms with van der Waals surface area (Å²) in [6.45, 7) is 4.89. The van der Waals surface area contributed by atoms with Crippen molar-refractivity contribution < 1.29 is 13.2 Å². The van der Waals surface area contributed by atoms with Crippen LogP contribution in [0.5, 0.6) is 0 Å². The summed E-state index contributed by atoms with van der Waals surface area (Å²) in [7, 11) is -3.97. The van der Waals surface area contributed by atoms with Gasteiger partial charge in [-0.15, -0.1) is 11.3 Å². The molecule has 0 radical (unpaired) electrons. The van der Waals surface area contributed by atoms with Crippen LogP contribution in [-0.4, -0.2) is 41.6 Å². The molecule has 0 aliphatic carbocycles. The summed E-state index contributed by atoms with van der Waals surface area (Å²) in [6, 6.07) is 22.5. The normalized spacial score (nSPS) is 12.6. The largest absolute Gasteiger partial charge is 0.332 e. The number of fused-ring (bicyclic) bond motifs is 1. The van der Waals surface area contributed by atoms with Crippen LogP contribution in [0.25, 0.3) is 10.9 Å². The van der Waals surface area contributed by atoms with Crippen molar-refractivity contribution in [1.29, 1.82) is 0 Å². The maximum Gasteiger partial charge on any atom is 0.245 e. The Morgan fingerprint density at radius 1 is 0.972 bits per heavy atom. The number of aromatic nitrogens is 1. The molecular formula is C28H31N3O3S2. The second kappa shape index (κ2) is 11.8. The van der Waals surface area contributed by atoms with Crippen molar-refractivity contribution in [3.05, 3.63) is 94.8 Å². The fourth-order valence-electron chi connectivity index (χ4n) is 4.03. The van der Waals surface area contributed by atoms with Gasteiger partial charge in [-0.1, -0.05) is 74.9 Å². The fourth-order valence-corrected chi connectivity index (χ4v) is 6.42. The molecule has 0 bridgehead atoms. The highest BCUT2D eigenvalue weighted by Crippen LogP contribution is 2.25. The number of sulfonamides is 1. The van der Waals surface area contributed by atoms with Crippen LogP contribution in [0.15, 0.2) is 89.3 Å². The van der Waals surface area contributed by atoms with Crippen molar-refractivity contribution in [2.75, 3.05) is 13.1 Å². The number of carbonyl (C=O) groups excluding carboxylic acids is 1. The number of carbonyl (C=O) groups is 1. The molecule has 0 saturated heterocycles. The van der Waals surface area contributed by atoms with E-state index in [1.165, 1.54) is 4.31 Å². The van der Waals surface area contributed by atoms with Crippen molar-refractivity contribution in [3.8, 4) is 0 Å². The van der Waals surface area contributed by atoms with Crippen molar-refractivity contribution >= 4 is 38.2 Å². The summed E-state index contributed by atoms with van der Waals surface area (Å²) in [5.74, 6) is -0.136. The molecule has 0 N–H and O–H groups in total. The Morgan fingerprint density at radius 3 is 2.47 bits per heavy atom. The van der Waals surface area contributed by atoms with Crippen molar-refractivity contribution in [2.24, 2.45) is 5.92 Å². The van der Waals surface area contributed by atoms with Crippen LogP contribution in [-0.2, 0) is 27.9 Å². The number of para-hydroxylation sites is 1. The predicted molar refractivity (Wildman–Crippen MR) is 145 cm³/mol. The number of hydrogen-bond donors (Lipinski definition) is 0. The minimum Gasteiger partial charge on any atom is -0.332 e. The lowest BCUT2D eigenvalue weighted by Crippen LogP contribution is -2.44. The molecule has 0 aliphatic heterocycles. The zero-order valence-corrected chi connectivity index (χ0v) is 22.2. The quantitative estimate of drug-likeness (QED) is 0.259. The molecule has 0 saturated carbocycles. The van der Waals surface area contributed by atoms with Crippen molar-refractivity contribution in [3.63, 3.8) is 0 Å². The van der Waals surface area contributed by atoms with Crippen molar-refractivity contribution in [2.45, 2.75) is 38.3 Å². The SMILES string of the molecule is CCC(C)CN(CC(=O)N(Cc1ccccc1)Cc1cccs1)S(=O)(=O)c1cccc2cccnc12. The lowest BCUT2D eigenvalue weighted by Gasteiger charge is -2.29. The molecule has 0 fully saturated rings. The van der Waals surface area contributed by atoms with E-state index in [9.17, 15) is 13.2 Å². The molecule has 4 rings (SSSR count). The number of amides is 1. The lowest BCUT2D eigenvalue weighted by molar-refractivity contribution is -0.132. The maximum atomic E-state index is 13.9. The monoisotopic (exact) mass is 521 g/mol. The van der Waals surface area contributed by atoms with Gasteiger partial charge in [-0.2, -0.15) is 4.31 Å². The maximum absolute atomic E-state index is 13.9. The number of pyridine rings is 1. The van der Waals surface area contributed by atoms with Crippen LogP contribution in [0.3, 0.4) is 0 Å². The van der Waals surface area contributed by atoms with Crippen LogP contribution in [0, 0.1) is 5.92 Å². The first kappa shape index (κ1) is 26.0. The van der Waals surface area contributed by atoms with E-state index in [1.807, 2.05) is 73.8 Å². The van der Waals surface area contributed by atoms with Gasteiger partial charge in [0.1, 0.15) is 4.90 Å². The first-order valence-electron chi connectivity index (χ1n) is 12.1. The van der Waals surface area contributed by atoms with Crippen LogP contribution in [0.4, 0.5) is 0 Å². The Labute approximate surface area is 217 Å². The minimum absolute atomic E-state index is 0.0929. The minimum atomic E-state index is -3.97. The summed E-state index contributed by atoms with van der Waals surface area (Å²) in [5, 5.41) is 2.73. The first-order chi connectivity index (χ1) is 17.4. The van der Waals surface area contributed by atoms with E-state index in [0.29, 0.717) is 18.6 Å². The zero-order valence-electron chi connectivity index (χ0n) is 20.6. The highest BCUT2D eigenvalue weighted by molar-refractivity contribution is 7.89. The molecule has 0 aliphatic rings. The number of hydrogen-bond acceptors (Lipinski definition) is 5. The average molecular weight is 522 g/mol. The van der Waals surface area contributed by atoms with Gasteiger partial charge in [0, 0.05) is 29.5 Å². The summed E-state index contributed by atoms with van der Waals surface area (Å²) in [6.07, 6.45) is 2.39. The average Bonchev–Trinajstić information content (AvgIpc) is 3.41. The van der Waals surface area contributed by atoms with Gasteiger partial charge in [0.05, 0.1) is 18.6 Å². The van der Waals surface area contributed by atoms with Gasteiger partial charge in [-0.05, 0) is 35.1 Å². The summed E-state index contributed by atoms with van der Waals surface area (Å²) < 4.78 is 29.2. The molecule has 0 spiro atoms. The van der Waals surface area contributed by atoms with E-state index in [-0.39, 0.29) is 29.8 Å². The number of benzene rings is 2. The van der Waals surface area contributed by atoms with Gasteiger partial charge < -0.3 is 4.90 Å². The topological polar surface area (TPSA) is 70.6 Å². The second-order valence-electron chi connectivity index (χ2n) is 8.96. The van der Waals surface area contributed by atoms with Crippen LogP contribution < -0.4 is 0 Å². The Morgan fingerprint density at radius 2 is 1.75 bits per heavy atom. The summed E-state index contributed by atoms with van der Waals surface area (Å²) in [5.41, 5.74) is 1.42. The molecule has 8 heteroatoms.